The zero-order valence-corrected chi connectivity index (χ0v) is 23.6. The Hall–Kier alpha value is -2.06. The molecule has 3 aromatic carbocycles. The lowest BCUT2D eigenvalue weighted by Gasteiger charge is -2.12. The van der Waals surface area contributed by atoms with Gasteiger partial charge in [-0.2, -0.15) is 0 Å². The normalized spacial score (nSPS) is 11.3. The molecule has 0 fully saturated rings. The molecule has 0 aliphatic heterocycles. The Morgan fingerprint density at radius 2 is 1.53 bits per heavy atom. The van der Waals surface area contributed by atoms with Crippen molar-refractivity contribution in [2.75, 3.05) is 13.2 Å². The average Bonchev–Trinajstić information content (AvgIpc) is 3.49. The summed E-state index contributed by atoms with van der Waals surface area (Å²) in [5.41, 5.74) is 1.85. The van der Waals surface area contributed by atoms with Crippen molar-refractivity contribution >= 4 is 69.7 Å². The maximum absolute atomic E-state index is 5.55. The molecule has 0 saturated carbocycles. The molecule has 0 bridgehead atoms. The molecule has 0 radical (unpaired) electrons. The second kappa shape index (κ2) is 13.7. The number of fused-ring (bicyclic) bond motifs is 2. The molecule has 0 amide bonds. The lowest BCUT2D eigenvalue weighted by molar-refractivity contribution is 0.0402. The lowest BCUT2D eigenvalue weighted by atomic mass is 10.3. The molecule has 0 N–H and O–H groups in total. The highest BCUT2D eigenvalue weighted by atomic mass is 79.9. The van der Waals surface area contributed by atoms with Gasteiger partial charge in [-0.3, -0.25) is 0 Å². The molecule has 1 atom stereocenters. The Morgan fingerprint density at radius 3 is 2.29 bits per heavy atom. The van der Waals surface area contributed by atoms with Gasteiger partial charge in [0, 0.05) is 30.8 Å². The van der Waals surface area contributed by atoms with Crippen LogP contribution >= 0.6 is 47.8 Å². The fourth-order valence-electron chi connectivity index (χ4n) is 2.99. The molecule has 7 heteroatoms. The predicted octanol–water partition coefficient (Wildman–Crippen LogP) is 9.64. The summed E-state index contributed by atoms with van der Waals surface area (Å²) in [5, 5.41) is 2.27. The van der Waals surface area contributed by atoms with Crippen LogP contribution in [0.2, 0.25) is 0 Å². The van der Waals surface area contributed by atoms with E-state index in [2.05, 4.69) is 47.8 Å². The Bertz CT molecular complexity index is 1290. The van der Waals surface area contributed by atoms with Crippen LogP contribution in [0.3, 0.4) is 0 Å². The largest absolute Gasteiger partial charge is 0.491 e. The minimum absolute atomic E-state index is 0.138. The van der Waals surface area contributed by atoms with Gasteiger partial charge in [0.15, 0.2) is 0 Å². The van der Waals surface area contributed by atoms with Crippen LogP contribution in [0.5, 0.6) is 5.75 Å². The van der Waals surface area contributed by atoms with Gasteiger partial charge in [0.25, 0.3) is 0 Å². The highest BCUT2D eigenvalue weighted by Crippen LogP contribution is 2.24. The maximum atomic E-state index is 5.55. The molecule has 5 aromatic rings. The monoisotopic (exact) mass is 650 g/mol. The van der Waals surface area contributed by atoms with Crippen molar-refractivity contribution in [1.82, 2.24) is 0 Å². The summed E-state index contributed by atoms with van der Waals surface area (Å²) in [6, 6.07) is 23.6. The number of ether oxygens (including phenoxy) is 2. The average molecular weight is 653 g/mol. The number of hydrogen-bond acceptors (Lipinski definition) is 4. The minimum Gasteiger partial charge on any atom is -0.491 e. The molecule has 1 unspecified atom stereocenters. The van der Waals surface area contributed by atoms with Crippen LogP contribution in [0, 0.1) is 0 Å². The van der Waals surface area contributed by atoms with E-state index in [-0.39, 0.29) is 6.10 Å². The molecular weight excluding hydrogens is 628 g/mol. The van der Waals surface area contributed by atoms with Crippen molar-refractivity contribution in [2.24, 2.45) is 0 Å². The molecule has 0 aliphatic carbocycles. The van der Waals surface area contributed by atoms with E-state index >= 15 is 0 Å². The van der Waals surface area contributed by atoms with Crippen LogP contribution in [0.15, 0.2) is 108 Å². The zero-order valence-electron chi connectivity index (χ0n) is 18.8. The summed E-state index contributed by atoms with van der Waals surface area (Å²) in [4.78, 5) is 0. The number of furan rings is 2. The Kier molecular flexibility index (Phi) is 10.7. The Morgan fingerprint density at radius 1 is 0.794 bits per heavy atom. The minimum atomic E-state index is 0.138. The summed E-state index contributed by atoms with van der Waals surface area (Å²) >= 11 is 10.2. The Balaban J connectivity index is 0.000000145. The predicted molar refractivity (Wildman–Crippen MR) is 149 cm³/mol. The first-order chi connectivity index (χ1) is 16.5. The molecule has 4 nitrogen and oxygen atoms in total. The SMILES string of the molecule is Brc1ccc2ccoc2c1.Brc1cccc2occc12.CCOC(C)COc1cccc(Br)c1. The van der Waals surface area contributed by atoms with Gasteiger partial charge in [0.05, 0.1) is 18.6 Å². The van der Waals surface area contributed by atoms with Crippen LogP contribution in [-0.2, 0) is 4.74 Å². The third-order valence-electron chi connectivity index (χ3n) is 4.59. The number of halogens is 3. The summed E-state index contributed by atoms with van der Waals surface area (Å²) < 4.78 is 24.4. The number of benzene rings is 3. The molecule has 0 spiro atoms. The second-order valence-corrected chi connectivity index (χ2v) is 9.90. The van der Waals surface area contributed by atoms with E-state index in [0.717, 1.165) is 47.7 Å². The van der Waals surface area contributed by atoms with Crippen LogP contribution in [0.4, 0.5) is 0 Å². The first-order valence-corrected chi connectivity index (χ1v) is 13.1. The van der Waals surface area contributed by atoms with E-state index in [4.69, 9.17) is 18.3 Å². The standard InChI is InChI=1S/C11H15BrO2.2C8H5BrO/c1-3-13-9(2)8-14-11-6-4-5-10(12)7-11;9-7-2-1-6-3-4-10-8(6)5-7;9-7-2-1-3-8-6(7)4-5-10-8/h4-7,9H,3,8H2,1-2H3;2*1-5H. The van der Waals surface area contributed by atoms with E-state index in [9.17, 15) is 0 Å². The fourth-order valence-corrected chi connectivity index (χ4v) is 4.19. The molecule has 2 aromatic heterocycles. The van der Waals surface area contributed by atoms with Crippen molar-refractivity contribution in [3.63, 3.8) is 0 Å². The smallest absolute Gasteiger partial charge is 0.134 e. The number of hydrogen-bond donors (Lipinski definition) is 0. The van der Waals surface area contributed by atoms with Crippen LogP contribution in [0.25, 0.3) is 21.9 Å². The second-order valence-electron chi connectivity index (χ2n) is 7.21. The molecule has 0 aliphatic rings. The quantitative estimate of drug-likeness (QED) is 0.190. The lowest BCUT2D eigenvalue weighted by Crippen LogP contribution is -2.17. The molecular formula is C27H25Br3O4. The molecule has 34 heavy (non-hydrogen) atoms. The summed E-state index contributed by atoms with van der Waals surface area (Å²) in [6.45, 7) is 5.30. The van der Waals surface area contributed by atoms with E-state index < -0.39 is 0 Å². The first-order valence-electron chi connectivity index (χ1n) is 10.7. The fraction of sp³-hybridized carbons (Fsp3) is 0.185. The molecule has 0 saturated heterocycles. The van der Waals surface area contributed by atoms with Gasteiger partial charge in [-0.05, 0) is 68.4 Å². The Labute approximate surface area is 224 Å². The van der Waals surface area contributed by atoms with Crippen molar-refractivity contribution in [2.45, 2.75) is 20.0 Å². The van der Waals surface area contributed by atoms with Crippen LogP contribution < -0.4 is 4.74 Å². The van der Waals surface area contributed by atoms with E-state index in [1.165, 1.54) is 0 Å². The summed E-state index contributed by atoms with van der Waals surface area (Å²) in [5.74, 6) is 0.867. The van der Waals surface area contributed by atoms with Crippen LogP contribution in [0.1, 0.15) is 13.8 Å². The van der Waals surface area contributed by atoms with Gasteiger partial charge >= 0.3 is 0 Å². The third kappa shape index (κ3) is 8.31. The van der Waals surface area contributed by atoms with Gasteiger partial charge in [0.2, 0.25) is 0 Å². The maximum Gasteiger partial charge on any atom is 0.134 e. The van der Waals surface area contributed by atoms with Gasteiger partial charge in [-0.25, -0.2) is 0 Å². The summed E-state index contributed by atoms with van der Waals surface area (Å²) in [6.07, 6.45) is 3.52. The first kappa shape index (κ1) is 26.5. The highest BCUT2D eigenvalue weighted by molar-refractivity contribution is 9.11. The van der Waals surface area contributed by atoms with Crippen LogP contribution in [-0.4, -0.2) is 19.3 Å². The molecule has 178 valence electrons. The zero-order chi connectivity index (χ0) is 24.3. The van der Waals surface area contributed by atoms with Crippen molar-refractivity contribution in [1.29, 1.82) is 0 Å². The van der Waals surface area contributed by atoms with Crippen molar-refractivity contribution < 1.29 is 18.3 Å². The highest BCUT2D eigenvalue weighted by Gasteiger charge is 2.02. The van der Waals surface area contributed by atoms with Crippen molar-refractivity contribution in [3.8, 4) is 5.75 Å². The molecule has 2 heterocycles. The van der Waals surface area contributed by atoms with Crippen molar-refractivity contribution in [3.05, 3.63) is 98.7 Å². The van der Waals surface area contributed by atoms with E-state index in [1.54, 1.807) is 12.5 Å². The topological polar surface area (TPSA) is 44.7 Å². The summed E-state index contributed by atoms with van der Waals surface area (Å²) in [7, 11) is 0. The van der Waals surface area contributed by atoms with E-state index in [1.807, 2.05) is 86.6 Å². The third-order valence-corrected chi connectivity index (χ3v) is 6.27. The van der Waals surface area contributed by atoms with Gasteiger partial charge in [-0.15, -0.1) is 0 Å². The molecule has 5 rings (SSSR count). The van der Waals surface area contributed by atoms with E-state index in [0.29, 0.717) is 6.61 Å². The number of rotatable bonds is 5. The van der Waals surface area contributed by atoms with Gasteiger partial charge < -0.3 is 18.3 Å². The van der Waals surface area contributed by atoms with Gasteiger partial charge in [0.1, 0.15) is 23.5 Å². The van der Waals surface area contributed by atoms with Gasteiger partial charge in [-0.1, -0.05) is 66.0 Å².